The molecule has 3 heteroatoms. The maximum absolute atomic E-state index is 12.9. The SMILES string of the molecule is CC(N)Cc1ccc(Cl)c(F)c1. The number of hydrogen-bond acceptors (Lipinski definition) is 1. The molecule has 1 nitrogen and oxygen atoms in total. The Bertz CT molecular complexity index is 273. The van der Waals surface area contributed by atoms with Crippen molar-refractivity contribution in [2.24, 2.45) is 5.73 Å². The highest BCUT2D eigenvalue weighted by Crippen LogP contribution is 2.16. The first-order valence-corrected chi connectivity index (χ1v) is 4.17. The van der Waals surface area contributed by atoms with Gasteiger partial charge in [0.05, 0.1) is 5.02 Å². The zero-order valence-corrected chi connectivity index (χ0v) is 7.61. The number of benzene rings is 1. The Morgan fingerprint density at radius 3 is 2.75 bits per heavy atom. The van der Waals surface area contributed by atoms with Gasteiger partial charge in [-0.3, -0.25) is 0 Å². The summed E-state index contributed by atoms with van der Waals surface area (Å²) in [5.74, 6) is -0.380. The molecule has 0 saturated carbocycles. The summed E-state index contributed by atoms with van der Waals surface area (Å²) >= 11 is 5.51. The molecule has 0 saturated heterocycles. The van der Waals surface area contributed by atoms with Crippen LogP contribution in [0.1, 0.15) is 12.5 Å². The van der Waals surface area contributed by atoms with E-state index in [1.165, 1.54) is 6.07 Å². The number of hydrogen-bond donors (Lipinski definition) is 1. The maximum atomic E-state index is 12.9. The molecule has 0 fully saturated rings. The summed E-state index contributed by atoms with van der Waals surface area (Å²) in [7, 11) is 0. The van der Waals surface area contributed by atoms with Gasteiger partial charge in [-0.05, 0) is 31.0 Å². The van der Waals surface area contributed by atoms with E-state index >= 15 is 0 Å². The van der Waals surface area contributed by atoms with E-state index in [-0.39, 0.29) is 16.9 Å². The van der Waals surface area contributed by atoms with Gasteiger partial charge in [0.1, 0.15) is 5.82 Å². The molecule has 1 aromatic carbocycles. The molecule has 0 aromatic heterocycles. The van der Waals surface area contributed by atoms with Crippen molar-refractivity contribution in [3.05, 3.63) is 34.6 Å². The lowest BCUT2D eigenvalue weighted by atomic mass is 10.1. The van der Waals surface area contributed by atoms with Gasteiger partial charge in [-0.1, -0.05) is 17.7 Å². The highest BCUT2D eigenvalue weighted by Gasteiger charge is 2.02. The van der Waals surface area contributed by atoms with Gasteiger partial charge in [0, 0.05) is 6.04 Å². The average molecular weight is 188 g/mol. The molecule has 0 aliphatic rings. The van der Waals surface area contributed by atoms with Crippen LogP contribution in [0.2, 0.25) is 5.02 Å². The number of rotatable bonds is 2. The van der Waals surface area contributed by atoms with E-state index in [1.54, 1.807) is 12.1 Å². The van der Waals surface area contributed by atoms with E-state index < -0.39 is 0 Å². The lowest BCUT2D eigenvalue weighted by molar-refractivity contribution is 0.623. The van der Waals surface area contributed by atoms with Gasteiger partial charge in [-0.2, -0.15) is 0 Å². The molecule has 0 spiro atoms. The summed E-state index contributed by atoms with van der Waals surface area (Å²) in [5, 5.41) is 0.156. The van der Waals surface area contributed by atoms with Crippen LogP contribution >= 0.6 is 11.6 Å². The van der Waals surface area contributed by atoms with Crippen LogP contribution in [0.4, 0.5) is 4.39 Å². The molecule has 0 aliphatic heterocycles. The molecular formula is C9H11ClFN. The predicted molar refractivity (Wildman–Crippen MR) is 48.8 cm³/mol. The molecule has 1 rings (SSSR count). The number of halogens is 2. The largest absolute Gasteiger partial charge is 0.328 e. The molecule has 1 unspecified atom stereocenters. The van der Waals surface area contributed by atoms with E-state index in [0.29, 0.717) is 6.42 Å². The Hall–Kier alpha value is -0.600. The fourth-order valence-electron chi connectivity index (χ4n) is 1.04. The topological polar surface area (TPSA) is 26.0 Å². The molecule has 0 amide bonds. The molecule has 0 aliphatic carbocycles. The van der Waals surface area contributed by atoms with E-state index in [0.717, 1.165) is 5.56 Å². The van der Waals surface area contributed by atoms with Gasteiger partial charge >= 0.3 is 0 Å². The van der Waals surface area contributed by atoms with Gasteiger partial charge in [0.25, 0.3) is 0 Å². The van der Waals surface area contributed by atoms with Crippen LogP contribution < -0.4 is 5.73 Å². The molecule has 0 radical (unpaired) electrons. The minimum Gasteiger partial charge on any atom is -0.328 e. The summed E-state index contributed by atoms with van der Waals surface area (Å²) in [6, 6.07) is 4.81. The predicted octanol–water partition coefficient (Wildman–Crippen LogP) is 2.37. The van der Waals surface area contributed by atoms with Crippen molar-refractivity contribution in [2.75, 3.05) is 0 Å². The molecular weight excluding hydrogens is 177 g/mol. The first-order valence-electron chi connectivity index (χ1n) is 3.79. The van der Waals surface area contributed by atoms with E-state index in [2.05, 4.69) is 0 Å². The van der Waals surface area contributed by atoms with Crippen molar-refractivity contribution in [1.29, 1.82) is 0 Å². The average Bonchev–Trinajstić information content (AvgIpc) is 1.96. The van der Waals surface area contributed by atoms with Crippen molar-refractivity contribution in [1.82, 2.24) is 0 Å². The summed E-state index contributed by atoms with van der Waals surface area (Å²) in [5.41, 5.74) is 6.44. The second-order valence-electron chi connectivity index (χ2n) is 2.93. The van der Waals surface area contributed by atoms with Crippen LogP contribution in [0.3, 0.4) is 0 Å². The maximum Gasteiger partial charge on any atom is 0.142 e. The Kier molecular flexibility index (Phi) is 3.06. The minimum atomic E-state index is -0.380. The van der Waals surface area contributed by atoms with Crippen LogP contribution in [0.15, 0.2) is 18.2 Å². The molecule has 2 N–H and O–H groups in total. The van der Waals surface area contributed by atoms with Crippen molar-refractivity contribution < 1.29 is 4.39 Å². The van der Waals surface area contributed by atoms with Gasteiger partial charge in [-0.15, -0.1) is 0 Å². The first-order chi connectivity index (χ1) is 5.59. The van der Waals surface area contributed by atoms with Crippen molar-refractivity contribution in [3.63, 3.8) is 0 Å². The fraction of sp³-hybridized carbons (Fsp3) is 0.333. The Morgan fingerprint density at radius 2 is 2.25 bits per heavy atom. The smallest absolute Gasteiger partial charge is 0.142 e. The van der Waals surface area contributed by atoms with Crippen molar-refractivity contribution in [2.45, 2.75) is 19.4 Å². The lowest BCUT2D eigenvalue weighted by Gasteiger charge is -2.05. The normalized spacial score (nSPS) is 13.0. The number of nitrogens with two attached hydrogens (primary N) is 1. The first kappa shape index (κ1) is 9.49. The highest BCUT2D eigenvalue weighted by molar-refractivity contribution is 6.30. The van der Waals surface area contributed by atoms with Crippen LogP contribution in [0.5, 0.6) is 0 Å². The van der Waals surface area contributed by atoms with Crippen LogP contribution in [0.25, 0.3) is 0 Å². The van der Waals surface area contributed by atoms with Crippen LogP contribution in [-0.2, 0) is 6.42 Å². The second-order valence-corrected chi connectivity index (χ2v) is 3.34. The van der Waals surface area contributed by atoms with Crippen molar-refractivity contribution in [3.8, 4) is 0 Å². The molecule has 0 heterocycles. The van der Waals surface area contributed by atoms with E-state index in [1.807, 2.05) is 6.92 Å². The standard InChI is InChI=1S/C9H11ClFN/c1-6(12)4-7-2-3-8(10)9(11)5-7/h2-3,5-6H,4,12H2,1H3. The molecule has 66 valence electrons. The zero-order chi connectivity index (χ0) is 9.14. The van der Waals surface area contributed by atoms with Gasteiger partial charge in [0.2, 0.25) is 0 Å². The van der Waals surface area contributed by atoms with Gasteiger partial charge in [-0.25, -0.2) is 4.39 Å². The minimum absolute atomic E-state index is 0.0468. The third kappa shape index (κ3) is 2.47. The molecule has 1 aromatic rings. The highest BCUT2D eigenvalue weighted by atomic mass is 35.5. The van der Waals surface area contributed by atoms with Crippen LogP contribution in [0, 0.1) is 5.82 Å². The molecule has 1 atom stereocenters. The van der Waals surface area contributed by atoms with E-state index in [4.69, 9.17) is 17.3 Å². The lowest BCUT2D eigenvalue weighted by Crippen LogP contribution is -2.17. The van der Waals surface area contributed by atoms with Crippen molar-refractivity contribution >= 4 is 11.6 Å². The summed E-state index contributed by atoms with van der Waals surface area (Å²) in [6.45, 7) is 1.88. The quantitative estimate of drug-likeness (QED) is 0.756. The molecule has 12 heavy (non-hydrogen) atoms. The monoisotopic (exact) mass is 187 g/mol. The summed E-state index contributed by atoms with van der Waals surface area (Å²) < 4.78 is 12.9. The van der Waals surface area contributed by atoms with E-state index in [9.17, 15) is 4.39 Å². The third-order valence-electron chi connectivity index (χ3n) is 1.54. The fourth-order valence-corrected chi connectivity index (χ4v) is 1.16. The Labute approximate surface area is 76.3 Å². The molecule has 0 bridgehead atoms. The summed E-state index contributed by atoms with van der Waals surface area (Å²) in [6.07, 6.45) is 0.675. The Morgan fingerprint density at radius 1 is 1.58 bits per heavy atom. The third-order valence-corrected chi connectivity index (χ3v) is 1.85. The zero-order valence-electron chi connectivity index (χ0n) is 6.85. The van der Waals surface area contributed by atoms with Gasteiger partial charge in [0.15, 0.2) is 0 Å². The second kappa shape index (κ2) is 3.87. The Balaban J connectivity index is 2.82. The van der Waals surface area contributed by atoms with Crippen LogP contribution in [-0.4, -0.2) is 6.04 Å². The van der Waals surface area contributed by atoms with Gasteiger partial charge < -0.3 is 5.73 Å². The summed E-state index contributed by atoms with van der Waals surface area (Å²) in [4.78, 5) is 0.